The van der Waals surface area contributed by atoms with E-state index >= 15 is 0 Å². The minimum Gasteiger partial charge on any atom is -0.468 e. The average molecular weight is 289 g/mol. The Balaban J connectivity index is 2.67. The van der Waals surface area contributed by atoms with Crippen LogP contribution in [0.5, 0.6) is 0 Å². The summed E-state index contributed by atoms with van der Waals surface area (Å²) in [4.78, 5) is 12.0. The standard InChI is InChI=1S/C13H17F2NO2S/c1-8(7-13(2,16)12(17)18-3)19-9-4-5-10(14)11(15)6-9/h4-6,8H,7,16H2,1-3H3. The lowest BCUT2D eigenvalue weighted by Crippen LogP contribution is -2.47. The Kier molecular flexibility index (Phi) is 5.31. The maximum Gasteiger partial charge on any atom is 0.325 e. The molecule has 2 unspecified atom stereocenters. The molecule has 0 bridgehead atoms. The number of halogens is 2. The van der Waals surface area contributed by atoms with E-state index in [0.717, 1.165) is 12.1 Å². The van der Waals surface area contributed by atoms with E-state index in [1.54, 1.807) is 6.92 Å². The molecule has 0 saturated heterocycles. The maximum absolute atomic E-state index is 13.1. The van der Waals surface area contributed by atoms with Crippen molar-refractivity contribution in [1.29, 1.82) is 0 Å². The van der Waals surface area contributed by atoms with Crippen molar-refractivity contribution in [2.45, 2.75) is 36.0 Å². The van der Waals surface area contributed by atoms with Crippen molar-refractivity contribution in [2.75, 3.05) is 7.11 Å². The van der Waals surface area contributed by atoms with Crippen molar-refractivity contribution in [3.63, 3.8) is 0 Å². The second kappa shape index (κ2) is 6.34. The molecular weight excluding hydrogens is 272 g/mol. The molecule has 0 spiro atoms. The monoisotopic (exact) mass is 289 g/mol. The highest BCUT2D eigenvalue weighted by Crippen LogP contribution is 2.29. The molecular formula is C13H17F2NO2S. The molecule has 1 aromatic carbocycles. The first kappa shape index (κ1) is 15.9. The minimum absolute atomic E-state index is 0.0426. The average Bonchev–Trinajstić information content (AvgIpc) is 2.32. The van der Waals surface area contributed by atoms with Crippen LogP contribution in [0, 0.1) is 11.6 Å². The van der Waals surface area contributed by atoms with E-state index in [1.807, 2.05) is 6.92 Å². The van der Waals surface area contributed by atoms with E-state index in [4.69, 9.17) is 5.73 Å². The first-order valence-corrected chi connectivity index (χ1v) is 6.63. The highest BCUT2D eigenvalue weighted by atomic mass is 32.2. The second-order valence-corrected chi connectivity index (χ2v) is 6.13. The summed E-state index contributed by atoms with van der Waals surface area (Å²) < 4.78 is 30.5. The highest BCUT2D eigenvalue weighted by Gasteiger charge is 2.31. The van der Waals surface area contributed by atoms with Crippen LogP contribution >= 0.6 is 11.8 Å². The van der Waals surface area contributed by atoms with Crippen molar-refractivity contribution >= 4 is 17.7 Å². The molecule has 0 amide bonds. The van der Waals surface area contributed by atoms with E-state index in [9.17, 15) is 13.6 Å². The van der Waals surface area contributed by atoms with Crippen LogP contribution in [-0.4, -0.2) is 23.9 Å². The van der Waals surface area contributed by atoms with Gasteiger partial charge in [-0.25, -0.2) is 8.78 Å². The second-order valence-electron chi connectivity index (χ2n) is 4.62. The van der Waals surface area contributed by atoms with Gasteiger partial charge in [-0.1, -0.05) is 6.92 Å². The van der Waals surface area contributed by atoms with Crippen LogP contribution in [0.3, 0.4) is 0 Å². The largest absolute Gasteiger partial charge is 0.468 e. The topological polar surface area (TPSA) is 52.3 Å². The van der Waals surface area contributed by atoms with E-state index in [0.29, 0.717) is 11.3 Å². The Labute approximate surface area is 115 Å². The van der Waals surface area contributed by atoms with Gasteiger partial charge >= 0.3 is 5.97 Å². The smallest absolute Gasteiger partial charge is 0.325 e. The van der Waals surface area contributed by atoms with Gasteiger partial charge in [-0.2, -0.15) is 0 Å². The third-order valence-corrected chi connectivity index (χ3v) is 3.69. The van der Waals surface area contributed by atoms with Gasteiger partial charge in [0.2, 0.25) is 0 Å². The molecule has 1 aromatic rings. The van der Waals surface area contributed by atoms with Gasteiger partial charge in [0.05, 0.1) is 7.11 Å². The first-order valence-electron chi connectivity index (χ1n) is 5.75. The molecule has 3 nitrogen and oxygen atoms in total. The summed E-state index contributed by atoms with van der Waals surface area (Å²) in [5.41, 5.74) is 4.76. The van der Waals surface area contributed by atoms with Crippen LogP contribution in [0.15, 0.2) is 23.1 Å². The minimum atomic E-state index is -1.10. The predicted octanol–water partition coefficient (Wildman–Crippen LogP) is 2.73. The fraction of sp³-hybridized carbons (Fsp3) is 0.462. The maximum atomic E-state index is 13.1. The molecule has 2 N–H and O–H groups in total. The Morgan fingerprint density at radius 3 is 2.63 bits per heavy atom. The van der Waals surface area contributed by atoms with E-state index in [-0.39, 0.29) is 5.25 Å². The zero-order valence-electron chi connectivity index (χ0n) is 11.1. The number of methoxy groups -OCH3 is 1. The summed E-state index contributed by atoms with van der Waals surface area (Å²) in [6.45, 7) is 3.45. The Bertz CT molecular complexity index is 466. The zero-order chi connectivity index (χ0) is 14.6. The first-order chi connectivity index (χ1) is 8.76. The van der Waals surface area contributed by atoms with Crippen molar-refractivity contribution in [3.8, 4) is 0 Å². The lowest BCUT2D eigenvalue weighted by atomic mass is 9.98. The molecule has 0 aliphatic carbocycles. The molecule has 0 aliphatic heterocycles. The van der Waals surface area contributed by atoms with Gasteiger partial charge in [0.1, 0.15) is 5.54 Å². The SMILES string of the molecule is COC(=O)C(C)(N)CC(C)Sc1ccc(F)c(F)c1. The molecule has 106 valence electrons. The van der Waals surface area contributed by atoms with Gasteiger partial charge in [0, 0.05) is 10.1 Å². The van der Waals surface area contributed by atoms with Gasteiger partial charge in [0.15, 0.2) is 11.6 Å². The number of esters is 1. The molecule has 0 fully saturated rings. The molecule has 19 heavy (non-hydrogen) atoms. The summed E-state index contributed by atoms with van der Waals surface area (Å²) in [6, 6.07) is 3.69. The summed E-state index contributed by atoms with van der Waals surface area (Å²) in [6.07, 6.45) is 0.364. The van der Waals surface area contributed by atoms with E-state index in [2.05, 4.69) is 4.74 Å². The molecule has 0 aliphatic rings. The Hall–Kier alpha value is -1.14. The number of hydrogen-bond acceptors (Lipinski definition) is 4. The molecule has 2 atom stereocenters. The van der Waals surface area contributed by atoms with Gasteiger partial charge < -0.3 is 10.5 Å². The molecule has 0 saturated carbocycles. The van der Waals surface area contributed by atoms with E-state index < -0.39 is 23.1 Å². The fourth-order valence-electron chi connectivity index (χ4n) is 1.74. The number of rotatable bonds is 5. The summed E-state index contributed by atoms with van der Waals surface area (Å²) in [7, 11) is 1.28. The van der Waals surface area contributed by atoms with Crippen LogP contribution in [0.25, 0.3) is 0 Å². The van der Waals surface area contributed by atoms with Crippen molar-refractivity contribution in [2.24, 2.45) is 5.73 Å². The van der Waals surface area contributed by atoms with Gasteiger partial charge in [-0.15, -0.1) is 11.8 Å². The van der Waals surface area contributed by atoms with E-state index in [1.165, 1.54) is 24.9 Å². The van der Waals surface area contributed by atoms with Gasteiger partial charge in [0.25, 0.3) is 0 Å². The van der Waals surface area contributed by atoms with Crippen molar-refractivity contribution < 1.29 is 18.3 Å². The summed E-state index contributed by atoms with van der Waals surface area (Å²) in [5.74, 6) is -2.26. The van der Waals surface area contributed by atoms with Crippen LogP contribution in [0.4, 0.5) is 8.78 Å². The van der Waals surface area contributed by atoms with Crippen LogP contribution in [0.1, 0.15) is 20.3 Å². The molecule has 6 heteroatoms. The Morgan fingerprint density at radius 2 is 2.11 bits per heavy atom. The van der Waals surface area contributed by atoms with Gasteiger partial charge in [-0.3, -0.25) is 4.79 Å². The van der Waals surface area contributed by atoms with Crippen molar-refractivity contribution in [3.05, 3.63) is 29.8 Å². The lowest BCUT2D eigenvalue weighted by Gasteiger charge is -2.24. The number of carbonyl (C=O) groups excluding carboxylic acids is 1. The van der Waals surface area contributed by atoms with Crippen LogP contribution in [0.2, 0.25) is 0 Å². The molecule has 0 radical (unpaired) electrons. The Morgan fingerprint density at radius 1 is 1.47 bits per heavy atom. The number of nitrogens with two attached hydrogens (primary N) is 1. The molecule has 1 rings (SSSR count). The van der Waals surface area contributed by atoms with Crippen LogP contribution in [-0.2, 0) is 9.53 Å². The predicted molar refractivity (Wildman–Crippen MR) is 70.9 cm³/mol. The quantitative estimate of drug-likeness (QED) is 0.669. The van der Waals surface area contributed by atoms with Gasteiger partial charge in [-0.05, 0) is 31.5 Å². The molecule has 0 aromatic heterocycles. The third kappa shape index (κ3) is 4.47. The summed E-state index contributed by atoms with van der Waals surface area (Å²) in [5, 5.41) is -0.0426. The number of hydrogen-bond donors (Lipinski definition) is 1. The number of thioether (sulfide) groups is 1. The highest BCUT2D eigenvalue weighted by molar-refractivity contribution is 7.99. The normalized spacial score (nSPS) is 15.7. The molecule has 0 heterocycles. The number of ether oxygens (including phenoxy) is 1. The van der Waals surface area contributed by atoms with Crippen LogP contribution < -0.4 is 5.73 Å². The third-order valence-electron chi connectivity index (χ3n) is 2.59. The number of benzene rings is 1. The lowest BCUT2D eigenvalue weighted by molar-refractivity contribution is -0.146. The fourth-order valence-corrected chi connectivity index (χ4v) is 2.95. The summed E-state index contributed by atoms with van der Waals surface area (Å²) >= 11 is 1.33. The van der Waals surface area contributed by atoms with Crippen molar-refractivity contribution in [1.82, 2.24) is 0 Å². The number of carbonyl (C=O) groups is 1. The zero-order valence-corrected chi connectivity index (χ0v) is 11.9.